The minimum absolute atomic E-state index is 0.175. The van der Waals surface area contributed by atoms with Gasteiger partial charge in [0.25, 0.3) is 0 Å². The summed E-state index contributed by atoms with van der Waals surface area (Å²) in [5, 5.41) is 0. The number of rotatable bonds is 6. The second-order valence-electron chi connectivity index (χ2n) is 6.57. The Balaban J connectivity index is 2.01. The number of methoxy groups -OCH3 is 2. The van der Waals surface area contributed by atoms with Crippen LogP contribution in [0.4, 0.5) is 0 Å². The molecule has 1 heterocycles. The molecule has 0 bridgehead atoms. The number of ether oxygens (including phenoxy) is 4. The van der Waals surface area contributed by atoms with Gasteiger partial charge in [0, 0.05) is 12.7 Å². The maximum absolute atomic E-state index is 12.7. The molecule has 1 aliphatic heterocycles. The molecule has 5 heteroatoms. The minimum atomic E-state index is -1.23. The van der Waals surface area contributed by atoms with Crippen molar-refractivity contribution >= 4 is 5.78 Å². The Labute approximate surface area is 159 Å². The molecule has 0 saturated carbocycles. The van der Waals surface area contributed by atoms with Crippen LogP contribution in [0.1, 0.15) is 23.6 Å². The van der Waals surface area contributed by atoms with Crippen LogP contribution in [0.3, 0.4) is 0 Å². The smallest absolute Gasteiger partial charge is 0.191 e. The molecule has 0 saturated heterocycles. The van der Waals surface area contributed by atoms with Gasteiger partial charge in [0.2, 0.25) is 0 Å². The highest BCUT2D eigenvalue weighted by molar-refractivity contribution is 5.98. The standard InChI is InChI=1S/C22H24O5/c1-15-12-19(26-14-16-8-6-5-7-9-16)17(13-18(15)24-3)22(2)20(23)10-11-21(25-4)27-22/h5-13,21H,14H2,1-4H3/t21-,22+/m0/s1. The van der Waals surface area contributed by atoms with Gasteiger partial charge >= 0.3 is 0 Å². The molecule has 0 radical (unpaired) electrons. The highest BCUT2D eigenvalue weighted by atomic mass is 16.7. The Hall–Kier alpha value is -2.63. The Bertz CT molecular complexity index is 843. The zero-order chi connectivity index (χ0) is 19.4. The molecule has 0 amide bonds. The van der Waals surface area contributed by atoms with Crippen LogP contribution in [0, 0.1) is 6.92 Å². The third-order valence-corrected chi connectivity index (χ3v) is 4.71. The van der Waals surface area contributed by atoms with Gasteiger partial charge in [-0.15, -0.1) is 0 Å². The normalized spacial score (nSPS) is 21.9. The van der Waals surface area contributed by atoms with E-state index in [0.717, 1.165) is 11.1 Å². The van der Waals surface area contributed by atoms with Crippen LogP contribution in [0.5, 0.6) is 11.5 Å². The van der Waals surface area contributed by atoms with E-state index >= 15 is 0 Å². The van der Waals surface area contributed by atoms with Crippen LogP contribution in [0.25, 0.3) is 0 Å². The molecule has 5 nitrogen and oxygen atoms in total. The van der Waals surface area contributed by atoms with E-state index < -0.39 is 11.9 Å². The average Bonchev–Trinajstić information content (AvgIpc) is 2.69. The molecule has 0 fully saturated rings. The number of hydrogen-bond acceptors (Lipinski definition) is 5. The predicted molar refractivity (Wildman–Crippen MR) is 102 cm³/mol. The first-order chi connectivity index (χ1) is 13.0. The van der Waals surface area contributed by atoms with Gasteiger partial charge in [-0.3, -0.25) is 4.79 Å². The average molecular weight is 368 g/mol. The fraction of sp³-hybridized carbons (Fsp3) is 0.318. The van der Waals surface area contributed by atoms with Crippen molar-refractivity contribution < 1.29 is 23.7 Å². The minimum Gasteiger partial charge on any atom is -0.496 e. The third kappa shape index (κ3) is 3.89. The van der Waals surface area contributed by atoms with Crippen LogP contribution in [-0.4, -0.2) is 26.3 Å². The van der Waals surface area contributed by atoms with Crippen molar-refractivity contribution in [3.05, 3.63) is 71.3 Å². The fourth-order valence-corrected chi connectivity index (χ4v) is 3.09. The van der Waals surface area contributed by atoms with Crippen molar-refractivity contribution in [1.29, 1.82) is 0 Å². The molecule has 0 aliphatic carbocycles. The van der Waals surface area contributed by atoms with Crippen molar-refractivity contribution in [2.24, 2.45) is 0 Å². The summed E-state index contributed by atoms with van der Waals surface area (Å²) in [5.41, 5.74) is 1.32. The topological polar surface area (TPSA) is 54.0 Å². The molecule has 2 atom stereocenters. The summed E-state index contributed by atoms with van der Waals surface area (Å²) in [5.74, 6) is 1.07. The van der Waals surface area contributed by atoms with Crippen LogP contribution >= 0.6 is 0 Å². The molecule has 1 aliphatic rings. The van der Waals surface area contributed by atoms with Gasteiger partial charge < -0.3 is 18.9 Å². The molecule has 0 aromatic heterocycles. The number of hydrogen-bond donors (Lipinski definition) is 0. The van der Waals surface area contributed by atoms with Crippen LogP contribution < -0.4 is 9.47 Å². The number of carbonyl (C=O) groups excluding carboxylic acids is 1. The summed E-state index contributed by atoms with van der Waals surface area (Å²) in [4.78, 5) is 12.7. The molecular formula is C22H24O5. The summed E-state index contributed by atoms with van der Waals surface area (Å²) >= 11 is 0. The van der Waals surface area contributed by atoms with Gasteiger partial charge in [0.15, 0.2) is 17.7 Å². The van der Waals surface area contributed by atoms with Crippen LogP contribution in [0.2, 0.25) is 0 Å². The fourth-order valence-electron chi connectivity index (χ4n) is 3.09. The van der Waals surface area contributed by atoms with Gasteiger partial charge in [-0.1, -0.05) is 30.3 Å². The maximum Gasteiger partial charge on any atom is 0.191 e. The Morgan fingerprint density at radius 2 is 1.85 bits per heavy atom. The van der Waals surface area contributed by atoms with E-state index in [4.69, 9.17) is 18.9 Å². The maximum atomic E-state index is 12.7. The lowest BCUT2D eigenvalue weighted by atomic mass is 9.87. The van der Waals surface area contributed by atoms with E-state index in [2.05, 4.69) is 0 Å². The summed E-state index contributed by atoms with van der Waals surface area (Å²) in [6, 6.07) is 13.5. The summed E-state index contributed by atoms with van der Waals surface area (Å²) in [6.07, 6.45) is 2.48. The molecule has 27 heavy (non-hydrogen) atoms. The second kappa shape index (κ2) is 7.94. The molecular weight excluding hydrogens is 344 g/mol. The van der Waals surface area contributed by atoms with E-state index in [1.807, 2.05) is 43.3 Å². The number of carbonyl (C=O) groups is 1. The SMILES string of the molecule is COc1cc([C@@]2(C)O[C@H](OC)C=CC2=O)c(OCc2ccccc2)cc1C. The lowest BCUT2D eigenvalue weighted by Gasteiger charge is -2.35. The highest BCUT2D eigenvalue weighted by Crippen LogP contribution is 2.41. The van der Waals surface area contributed by atoms with Crippen molar-refractivity contribution in [1.82, 2.24) is 0 Å². The highest BCUT2D eigenvalue weighted by Gasteiger charge is 2.42. The third-order valence-electron chi connectivity index (χ3n) is 4.71. The summed E-state index contributed by atoms with van der Waals surface area (Å²) in [6.45, 7) is 4.04. The molecule has 2 aromatic carbocycles. The number of benzene rings is 2. The molecule has 0 spiro atoms. The van der Waals surface area contributed by atoms with Gasteiger partial charge in [0.05, 0.1) is 7.11 Å². The molecule has 3 rings (SSSR count). The zero-order valence-corrected chi connectivity index (χ0v) is 16.0. The van der Waals surface area contributed by atoms with Crippen molar-refractivity contribution in [2.45, 2.75) is 32.3 Å². The Morgan fingerprint density at radius 3 is 2.52 bits per heavy atom. The molecule has 2 aromatic rings. The molecule has 142 valence electrons. The van der Waals surface area contributed by atoms with Crippen LogP contribution in [-0.2, 0) is 26.5 Å². The van der Waals surface area contributed by atoms with E-state index in [1.54, 1.807) is 26.2 Å². The van der Waals surface area contributed by atoms with Gasteiger partial charge in [-0.25, -0.2) is 0 Å². The Kier molecular flexibility index (Phi) is 5.63. The zero-order valence-electron chi connectivity index (χ0n) is 16.0. The van der Waals surface area contributed by atoms with E-state index in [0.29, 0.717) is 23.7 Å². The Morgan fingerprint density at radius 1 is 1.11 bits per heavy atom. The number of aryl methyl sites for hydroxylation is 1. The summed E-state index contributed by atoms with van der Waals surface area (Å²) in [7, 11) is 3.13. The van der Waals surface area contributed by atoms with E-state index in [-0.39, 0.29) is 5.78 Å². The van der Waals surface area contributed by atoms with Crippen LogP contribution in [0.15, 0.2) is 54.6 Å². The van der Waals surface area contributed by atoms with Crippen molar-refractivity contribution in [3.8, 4) is 11.5 Å². The monoisotopic (exact) mass is 368 g/mol. The lowest BCUT2D eigenvalue weighted by Crippen LogP contribution is -2.41. The van der Waals surface area contributed by atoms with E-state index in [9.17, 15) is 4.79 Å². The molecule has 0 unspecified atom stereocenters. The lowest BCUT2D eigenvalue weighted by molar-refractivity contribution is -0.186. The van der Waals surface area contributed by atoms with Gasteiger partial charge in [0.1, 0.15) is 18.1 Å². The predicted octanol–water partition coefficient (Wildman–Crippen LogP) is 3.93. The largest absolute Gasteiger partial charge is 0.496 e. The van der Waals surface area contributed by atoms with Gasteiger partial charge in [-0.2, -0.15) is 0 Å². The number of ketones is 1. The molecule has 0 N–H and O–H groups in total. The van der Waals surface area contributed by atoms with Crippen molar-refractivity contribution in [2.75, 3.05) is 14.2 Å². The first kappa shape index (κ1) is 19.1. The quantitative estimate of drug-likeness (QED) is 0.773. The first-order valence-electron chi connectivity index (χ1n) is 8.77. The van der Waals surface area contributed by atoms with E-state index in [1.165, 1.54) is 13.2 Å². The van der Waals surface area contributed by atoms with Crippen molar-refractivity contribution in [3.63, 3.8) is 0 Å². The second-order valence-corrected chi connectivity index (χ2v) is 6.57. The first-order valence-corrected chi connectivity index (χ1v) is 8.77. The summed E-state index contributed by atoms with van der Waals surface area (Å²) < 4.78 is 22.8. The van der Waals surface area contributed by atoms with Gasteiger partial charge in [-0.05, 0) is 49.3 Å².